The molecule has 0 heterocycles. The van der Waals surface area contributed by atoms with Crippen molar-refractivity contribution in [3.63, 3.8) is 0 Å². The quantitative estimate of drug-likeness (QED) is 0.239. The number of benzene rings is 4. The number of aromatic hydroxyl groups is 3. The van der Waals surface area contributed by atoms with Crippen LogP contribution >= 0.6 is 0 Å². The van der Waals surface area contributed by atoms with Gasteiger partial charge < -0.3 is 20.1 Å². The Hall–Kier alpha value is -3.92. The highest BCUT2D eigenvalue weighted by atomic mass is 16.5. The zero-order valence-corrected chi connectivity index (χ0v) is 19.3. The molecule has 4 heteroatoms. The lowest BCUT2D eigenvalue weighted by Gasteiger charge is -2.30. The molecule has 0 aromatic heterocycles. The van der Waals surface area contributed by atoms with Gasteiger partial charge in [-0.25, -0.2) is 0 Å². The van der Waals surface area contributed by atoms with Crippen LogP contribution in [0, 0.1) is 0 Å². The molecule has 0 spiro atoms. The van der Waals surface area contributed by atoms with E-state index in [1.54, 1.807) is 36.4 Å². The van der Waals surface area contributed by atoms with Gasteiger partial charge in [-0.05, 0) is 77.2 Å². The molecule has 0 saturated carbocycles. The number of unbranched alkanes of at least 4 members (excludes halogenated alkanes) is 1. The number of phenols is 3. The maximum absolute atomic E-state index is 9.91. The Morgan fingerprint density at radius 1 is 0.529 bits per heavy atom. The Labute approximate surface area is 200 Å². The van der Waals surface area contributed by atoms with E-state index in [-0.39, 0.29) is 29.1 Å². The van der Waals surface area contributed by atoms with Crippen LogP contribution in [0.25, 0.3) is 0 Å². The van der Waals surface area contributed by atoms with E-state index in [0.717, 1.165) is 40.8 Å². The van der Waals surface area contributed by atoms with E-state index in [1.807, 2.05) is 48.5 Å². The zero-order chi connectivity index (χ0) is 23.9. The fourth-order valence-corrected chi connectivity index (χ4v) is 4.31. The van der Waals surface area contributed by atoms with Gasteiger partial charge in [0.1, 0.15) is 23.0 Å². The molecule has 4 rings (SSSR count). The van der Waals surface area contributed by atoms with Crippen molar-refractivity contribution in [1.82, 2.24) is 0 Å². The van der Waals surface area contributed by atoms with E-state index in [1.165, 1.54) is 0 Å². The zero-order valence-electron chi connectivity index (χ0n) is 19.3. The fourth-order valence-electron chi connectivity index (χ4n) is 4.31. The van der Waals surface area contributed by atoms with Crippen LogP contribution in [-0.2, 0) is 0 Å². The third kappa shape index (κ3) is 5.52. The molecule has 4 aromatic rings. The molecule has 4 nitrogen and oxygen atoms in total. The maximum atomic E-state index is 9.91. The van der Waals surface area contributed by atoms with Gasteiger partial charge in [-0.2, -0.15) is 0 Å². The lowest BCUT2D eigenvalue weighted by molar-refractivity contribution is 0.309. The Bertz CT molecular complexity index is 1120. The smallest absolute Gasteiger partial charge is 0.119 e. The van der Waals surface area contributed by atoms with Crippen molar-refractivity contribution in [2.24, 2.45) is 0 Å². The molecular weight excluding hydrogens is 424 g/mol. The molecule has 0 bridgehead atoms. The maximum Gasteiger partial charge on any atom is 0.119 e. The lowest BCUT2D eigenvalue weighted by Crippen LogP contribution is -2.15. The molecular formula is C30H30O4. The van der Waals surface area contributed by atoms with Crippen molar-refractivity contribution in [2.75, 3.05) is 6.61 Å². The van der Waals surface area contributed by atoms with Crippen molar-refractivity contribution in [2.45, 2.75) is 31.6 Å². The predicted molar refractivity (Wildman–Crippen MR) is 135 cm³/mol. The van der Waals surface area contributed by atoms with E-state index in [0.29, 0.717) is 6.61 Å². The van der Waals surface area contributed by atoms with Gasteiger partial charge in [0, 0.05) is 11.8 Å². The predicted octanol–water partition coefficient (Wildman–Crippen LogP) is 6.95. The highest BCUT2D eigenvalue weighted by Crippen LogP contribution is 2.44. The van der Waals surface area contributed by atoms with E-state index in [2.05, 4.69) is 19.1 Å². The topological polar surface area (TPSA) is 69.9 Å². The first-order valence-corrected chi connectivity index (χ1v) is 11.6. The van der Waals surface area contributed by atoms with Crippen LogP contribution in [0.1, 0.15) is 53.9 Å². The molecule has 1 atom stereocenters. The molecule has 0 aliphatic carbocycles. The standard InChI is InChI=1S/C30H30O4/c1-2-3-20-34-28-18-10-24(11-19-28)30(23-8-16-27(33)17-9-23)29(21-4-12-25(31)13-5-21)22-6-14-26(32)15-7-22/h4-19,29-33H,2-3,20H2,1H3. The minimum atomic E-state index is -0.0994. The van der Waals surface area contributed by atoms with Crippen molar-refractivity contribution >= 4 is 0 Å². The van der Waals surface area contributed by atoms with Gasteiger partial charge in [-0.3, -0.25) is 0 Å². The summed E-state index contributed by atoms with van der Waals surface area (Å²) in [4.78, 5) is 0. The summed E-state index contributed by atoms with van der Waals surface area (Å²) in [5.41, 5.74) is 4.21. The van der Waals surface area contributed by atoms with Crippen LogP contribution in [-0.4, -0.2) is 21.9 Å². The first kappa shape index (κ1) is 23.2. The van der Waals surface area contributed by atoms with E-state index >= 15 is 0 Å². The summed E-state index contributed by atoms with van der Waals surface area (Å²) in [5.74, 6) is 1.29. The van der Waals surface area contributed by atoms with Gasteiger partial charge in [0.05, 0.1) is 6.61 Å². The van der Waals surface area contributed by atoms with Gasteiger partial charge in [-0.15, -0.1) is 0 Å². The summed E-state index contributed by atoms with van der Waals surface area (Å²) in [7, 11) is 0. The van der Waals surface area contributed by atoms with Crippen LogP contribution in [0.3, 0.4) is 0 Å². The molecule has 174 valence electrons. The number of ether oxygens (including phenoxy) is 1. The number of hydrogen-bond donors (Lipinski definition) is 3. The number of rotatable bonds is 9. The normalized spacial score (nSPS) is 11.9. The lowest BCUT2D eigenvalue weighted by atomic mass is 9.73. The van der Waals surface area contributed by atoms with Crippen LogP contribution < -0.4 is 4.74 Å². The Morgan fingerprint density at radius 2 is 0.853 bits per heavy atom. The molecule has 3 N–H and O–H groups in total. The summed E-state index contributed by atoms with van der Waals surface area (Å²) < 4.78 is 5.87. The first-order valence-electron chi connectivity index (χ1n) is 11.6. The monoisotopic (exact) mass is 454 g/mol. The van der Waals surface area contributed by atoms with Crippen LogP contribution in [0.5, 0.6) is 23.0 Å². The second kappa shape index (κ2) is 10.8. The highest BCUT2D eigenvalue weighted by molar-refractivity contribution is 5.48. The average molecular weight is 455 g/mol. The van der Waals surface area contributed by atoms with Gasteiger partial charge >= 0.3 is 0 Å². The molecule has 0 aliphatic heterocycles. The van der Waals surface area contributed by atoms with Crippen LogP contribution in [0.2, 0.25) is 0 Å². The fraction of sp³-hybridized carbons (Fsp3) is 0.200. The van der Waals surface area contributed by atoms with Crippen molar-refractivity contribution in [3.8, 4) is 23.0 Å². The highest BCUT2D eigenvalue weighted by Gasteiger charge is 2.28. The summed E-state index contributed by atoms with van der Waals surface area (Å²) in [5, 5.41) is 29.7. The molecule has 1 unspecified atom stereocenters. The van der Waals surface area contributed by atoms with Gasteiger partial charge in [0.15, 0.2) is 0 Å². The first-order chi connectivity index (χ1) is 16.5. The minimum absolute atomic E-state index is 0.0839. The second-order valence-electron chi connectivity index (χ2n) is 8.50. The number of phenolic OH excluding ortho intramolecular Hbond substituents is 3. The van der Waals surface area contributed by atoms with Gasteiger partial charge in [0.2, 0.25) is 0 Å². The molecule has 4 aromatic carbocycles. The number of hydrogen-bond acceptors (Lipinski definition) is 4. The second-order valence-corrected chi connectivity index (χ2v) is 8.50. The Balaban J connectivity index is 1.82. The summed E-state index contributed by atoms with van der Waals surface area (Å²) in [6, 6.07) is 30.0. The Morgan fingerprint density at radius 3 is 1.18 bits per heavy atom. The summed E-state index contributed by atoms with van der Waals surface area (Å²) in [6.07, 6.45) is 2.10. The van der Waals surface area contributed by atoms with Crippen LogP contribution in [0.15, 0.2) is 97.1 Å². The third-order valence-electron chi connectivity index (χ3n) is 6.10. The van der Waals surface area contributed by atoms with Crippen molar-refractivity contribution in [1.29, 1.82) is 0 Å². The summed E-state index contributed by atoms with van der Waals surface area (Å²) in [6.45, 7) is 2.84. The largest absolute Gasteiger partial charge is 0.508 e. The third-order valence-corrected chi connectivity index (χ3v) is 6.10. The van der Waals surface area contributed by atoms with Crippen LogP contribution in [0.4, 0.5) is 0 Å². The molecule has 0 fully saturated rings. The molecule has 0 radical (unpaired) electrons. The van der Waals surface area contributed by atoms with Crippen molar-refractivity contribution < 1.29 is 20.1 Å². The average Bonchev–Trinajstić information content (AvgIpc) is 2.86. The Kier molecular flexibility index (Phi) is 7.38. The molecule has 0 aliphatic rings. The molecule has 0 saturated heterocycles. The molecule has 34 heavy (non-hydrogen) atoms. The van der Waals surface area contributed by atoms with E-state index < -0.39 is 0 Å². The molecule has 0 amide bonds. The van der Waals surface area contributed by atoms with E-state index in [9.17, 15) is 15.3 Å². The van der Waals surface area contributed by atoms with Gasteiger partial charge in [0.25, 0.3) is 0 Å². The van der Waals surface area contributed by atoms with Crippen molar-refractivity contribution in [3.05, 3.63) is 119 Å². The summed E-state index contributed by atoms with van der Waals surface area (Å²) >= 11 is 0. The van der Waals surface area contributed by atoms with E-state index in [4.69, 9.17) is 4.74 Å². The SMILES string of the molecule is CCCCOc1ccc(C(c2ccc(O)cc2)C(c2ccc(O)cc2)c2ccc(O)cc2)cc1. The minimum Gasteiger partial charge on any atom is -0.508 e. The van der Waals surface area contributed by atoms with Gasteiger partial charge in [-0.1, -0.05) is 61.9 Å².